The number of carbonyl (C=O) groups is 2. The molecule has 0 radical (unpaired) electrons. The molecule has 0 saturated heterocycles. The largest absolute Gasteiger partial charge is 0.354 e. The van der Waals surface area contributed by atoms with Crippen LogP contribution in [0.5, 0.6) is 0 Å². The van der Waals surface area contributed by atoms with Crippen LogP contribution in [0, 0.1) is 0 Å². The minimum Gasteiger partial charge on any atom is -0.354 e. The van der Waals surface area contributed by atoms with Crippen molar-refractivity contribution in [1.29, 1.82) is 0 Å². The van der Waals surface area contributed by atoms with Crippen LogP contribution in [-0.4, -0.2) is 48.5 Å². The molecule has 0 atom stereocenters. The first-order valence-corrected chi connectivity index (χ1v) is 10.5. The summed E-state index contributed by atoms with van der Waals surface area (Å²) in [4.78, 5) is 57.0. The number of nitrogens with one attached hydrogen (secondary N) is 1. The van der Waals surface area contributed by atoms with E-state index < -0.39 is 23.7 Å². The number of imidazole rings is 1. The third-order valence-electron chi connectivity index (χ3n) is 5.32. The van der Waals surface area contributed by atoms with Crippen molar-refractivity contribution in [3.05, 3.63) is 49.1 Å². The molecule has 3 aromatic rings. The summed E-state index contributed by atoms with van der Waals surface area (Å²) in [6, 6.07) is 2.04. The summed E-state index contributed by atoms with van der Waals surface area (Å²) in [7, 11) is 3.15. The van der Waals surface area contributed by atoms with E-state index in [0.717, 1.165) is 11.0 Å². The van der Waals surface area contributed by atoms with E-state index >= 15 is 0 Å². The Morgan fingerprint density at radius 1 is 1.27 bits per heavy atom. The highest BCUT2D eigenvalue weighted by atomic mass is 32.1. The van der Waals surface area contributed by atoms with Crippen molar-refractivity contribution in [2.45, 2.75) is 25.9 Å². The van der Waals surface area contributed by atoms with E-state index in [4.69, 9.17) is 0 Å². The zero-order valence-corrected chi connectivity index (χ0v) is 17.6. The SMILES string of the molecule is Cn1cnc2c1c(=O)n(CC(=O)NCCC(=O)N1CCc3sccc3C1)c(=O)n2C. The topological polar surface area (TPSA) is 111 Å². The molecule has 1 aliphatic rings. The van der Waals surface area contributed by atoms with Gasteiger partial charge < -0.3 is 14.8 Å². The molecule has 0 aromatic carbocycles. The van der Waals surface area contributed by atoms with Crippen LogP contribution in [0.4, 0.5) is 0 Å². The van der Waals surface area contributed by atoms with Gasteiger partial charge in [-0.3, -0.25) is 19.0 Å². The van der Waals surface area contributed by atoms with Gasteiger partial charge in [-0.1, -0.05) is 0 Å². The van der Waals surface area contributed by atoms with Crippen molar-refractivity contribution in [3.63, 3.8) is 0 Å². The molecule has 0 fully saturated rings. The molecule has 0 unspecified atom stereocenters. The number of aryl methyl sites for hydroxylation is 2. The zero-order valence-electron chi connectivity index (χ0n) is 16.8. The van der Waals surface area contributed by atoms with E-state index in [1.54, 1.807) is 23.3 Å². The number of carbonyl (C=O) groups excluding carboxylic acids is 2. The number of hydrogen-bond acceptors (Lipinski definition) is 6. The highest BCUT2D eigenvalue weighted by Crippen LogP contribution is 2.24. The fourth-order valence-corrected chi connectivity index (χ4v) is 4.55. The molecule has 0 saturated carbocycles. The first kappa shape index (κ1) is 20.1. The molecule has 30 heavy (non-hydrogen) atoms. The highest BCUT2D eigenvalue weighted by molar-refractivity contribution is 7.10. The maximum absolute atomic E-state index is 12.6. The molecule has 4 heterocycles. The van der Waals surface area contributed by atoms with Crippen molar-refractivity contribution in [1.82, 2.24) is 28.9 Å². The predicted molar refractivity (Wildman–Crippen MR) is 111 cm³/mol. The lowest BCUT2D eigenvalue weighted by atomic mass is 10.1. The van der Waals surface area contributed by atoms with Crippen molar-refractivity contribution in [2.24, 2.45) is 14.1 Å². The average molecular weight is 430 g/mol. The van der Waals surface area contributed by atoms with Gasteiger partial charge >= 0.3 is 5.69 Å². The lowest BCUT2D eigenvalue weighted by molar-refractivity contribution is -0.132. The van der Waals surface area contributed by atoms with Crippen molar-refractivity contribution in [2.75, 3.05) is 13.1 Å². The third-order valence-corrected chi connectivity index (χ3v) is 6.35. The number of thiophene rings is 1. The fraction of sp³-hybridized carbons (Fsp3) is 0.421. The Morgan fingerprint density at radius 2 is 2.07 bits per heavy atom. The normalized spacial score (nSPS) is 13.5. The van der Waals surface area contributed by atoms with E-state index in [2.05, 4.69) is 10.3 Å². The molecular formula is C19H22N6O4S. The van der Waals surface area contributed by atoms with Crippen LogP contribution in [0.1, 0.15) is 16.9 Å². The van der Waals surface area contributed by atoms with Gasteiger partial charge in [-0.2, -0.15) is 0 Å². The van der Waals surface area contributed by atoms with E-state index in [9.17, 15) is 19.2 Å². The van der Waals surface area contributed by atoms with E-state index in [1.165, 1.54) is 32.9 Å². The van der Waals surface area contributed by atoms with Crippen molar-refractivity contribution in [3.8, 4) is 0 Å². The van der Waals surface area contributed by atoms with Gasteiger partial charge in [0, 0.05) is 45.0 Å². The quantitative estimate of drug-likeness (QED) is 0.591. The molecular weight excluding hydrogens is 408 g/mol. The van der Waals surface area contributed by atoms with Crippen LogP contribution in [0.2, 0.25) is 0 Å². The maximum atomic E-state index is 12.6. The molecule has 1 aliphatic heterocycles. The average Bonchev–Trinajstić information content (AvgIpc) is 3.35. The Kier molecular flexibility index (Phi) is 5.29. The number of amides is 2. The zero-order chi connectivity index (χ0) is 21.4. The molecule has 3 aromatic heterocycles. The van der Waals surface area contributed by atoms with Gasteiger partial charge in [0.15, 0.2) is 11.2 Å². The minimum absolute atomic E-state index is 0.0310. The Balaban J connectivity index is 1.37. The number of aromatic nitrogens is 4. The van der Waals surface area contributed by atoms with E-state index in [0.29, 0.717) is 13.1 Å². The number of hydrogen-bond donors (Lipinski definition) is 1. The standard InChI is InChI=1S/C19H22N6O4S/c1-22-11-21-17-16(22)18(28)25(19(29)23(17)2)10-14(26)20-6-3-15(27)24-7-4-13-12(9-24)5-8-30-13/h5,8,11H,3-4,6-7,9-10H2,1-2H3,(H,20,26). The fourth-order valence-electron chi connectivity index (χ4n) is 3.66. The lowest BCUT2D eigenvalue weighted by Crippen LogP contribution is -2.44. The summed E-state index contributed by atoms with van der Waals surface area (Å²) in [5.74, 6) is -0.529. The molecule has 158 valence electrons. The molecule has 11 heteroatoms. The van der Waals surface area contributed by atoms with Crippen LogP contribution in [0.3, 0.4) is 0 Å². The summed E-state index contributed by atoms with van der Waals surface area (Å²) in [6.45, 7) is 1.01. The van der Waals surface area contributed by atoms with Gasteiger partial charge in [0.25, 0.3) is 5.56 Å². The number of fused-ring (bicyclic) bond motifs is 2. The van der Waals surface area contributed by atoms with Crippen LogP contribution < -0.4 is 16.6 Å². The Labute approximate surface area is 175 Å². The smallest absolute Gasteiger partial charge is 0.332 e. The third kappa shape index (κ3) is 3.56. The van der Waals surface area contributed by atoms with Gasteiger partial charge in [-0.05, 0) is 23.4 Å². The highest BCUT2D eigenvalue weighted by Gasteiger charge is 2.21. The first-order chi connectivity index (χ1) is 14.4. The van der Waals surface area contributed by atoms with Gasteiger partial charge in [-0.25, -0.2) is 14.3 Å². The van der Waals surface area contributed by atoms with Crippen LogP contribution in [0.25, 0.3) is 11.2 Å². The molecule has 10 nitrogen and oxygen atoms in total. The monoisotopic (exact) mass is 430 g/mol. The Bertz CT molecular complexity index is 1250. The summed E-state index contributed by atoms with van der Waals surface area (Å²) in [5, 5.41) is 4.67. The molecule has 0 aliphatic carbocycles. The summed E-state index contributed by atoms with van der Waals surface area (Å²) in [5.41, 5.74) is 0.518. The second kappa shape index (κ2) is 7.90. The Hall–Kier alpha value is -3.21. The van der Waals surface area contributed by atoms with Gasteiger partial charge in [0.1, 0.15) is 6.54 Å². The molecule has 1 N–H and O–H groups in total. The van der Waals surface area contributed by atoms with Crippen molar-refractivity contribution < 1.29 is 9.59 Å². The summed E-state index contributed by atoms with van der Waals surface area (Å²) < 4.78 is 3.63. The predicted octanol–water partition coefficient (Wildman–Crippen LogP) is -0.414. The van der Waals surface area contributed by atoms with Crippen LogP contribution >= 0.6 is 11.3 Å². The second-order valence-electron chi connectivity index (χ2n) is 7.29. The lowest BCUT2D eigenvalue weighted by Gasteiger charge is -2.27. The Morgan fingerprint density at radius 3 is 2.87 bits per heavy atom. The van der Waals surface area contributed by atoms with E-state index in [-0.39, 0.29) is 30.0 Å². The van der Waals surface area contributed by atoms with Gasteiger partial charge in [-0.15, -0.1) is 11.3 Å². The molecule has 2 amide bonds. The molecule has 4 rings (SSSR count). The second-order valence-corrected chi connectivity index (χ2v) is 8.30. The summed E-state index contributed by atoms with van der Waals surface area (Å²) in [6.07, 6.45) is 2.47. The van der Waals surface area contributed by atoms with Crippen LogP contribution in [0.15, 0.2) is 27.4 Å². The number of rotatable bonds is 5. The molecule has 0 bridgehead atoms. The van der Waals surface area contributed by atoms with Gasteiger partial charge in [0.2, 0.25) is 11.8 Å². The maximum Gasteiger partial charge on any atom is 0.332 e. The van der Waals surface area contributed by atoms with Gasteiger partial charge in [0.05, 0.1) is 6.33 Å². The van der Waals surface area contributed by atoms with Crippen LogP contribution in [-0.2, 0) is 43.2 Å². The minimum atomic E-state index is -0.614. The number of nitrogens with zero attached hydrogens (tertiary/aromatic N) is 5. The molecule has 0 spiro atoms. The van der Waals surface area contributed by atoms with Crippen molar-refractivity contribution >= 4 is 34.3 Å². The van der Waals surface area contributed by atoms with E-state index in [1.807, 2.05) is 11.4 Å². The summed E-state index contributed by atoms with van der Waals surface area (Å²) >= 11 is 1.71. The first-order valence-electron chi connectivity index (χ1n) is 9.57.